The van der Waals surface area contributed by atoms with Crippen molar-refractivity contribution in [3.8, 4) is 11.3 Å². The molecule has 0 unspecified atom stereocenters. The molecule has 0 aliphatic heterocycles. The predicted octanol–water partition coefficient (Wildman–Crippen LogP) is 1.27. The van der Waals surface area contributed by atoms with Crippen LogP contribution in [0.1, 0.15) is 11.3 Å². The molecule has 0 aromatic carbocycles. The van der Waals surface area contributed by atoms with Crippen molar-refractivity contribution in [2.24, 2.45) is 0 Å². The van der Waals surface area contributed by atoms with Gasteiger partial charge in [-0.15, -0.1) is 0 Å². The number of rotatable bonds is 0. The maximum atomic E-state index is 5.16. The highest BCUT2D eigenvalue weighted by Gasteiger charge is 1.92. The Morgan fingerprint density at radius 1 is 1.78 bits per heavy atom. The maximum Gasteiger partial charge on any atom is 0.0664 e. The lowest BCUT2D eigenvalue weighted by atomic mass is 10.3. The van der Waals surface area contributed by atoms with E-state index in [2.05, 4.69) is 21.5 Å². The Labute approximate surface area is 58.2 Å². The number of aromatic amines is 1. The number of H-pyrrole nitrogens is 1. The molecule has 0 atom stereocenters. The first kappa shape index (κ1) is 6.18. The van der Waals surface area contributed by atoms with Crippen LogP contribution in [0.25, 0.3) is 0 Å². The van der Waals surface area contributed by atoms with Crippen LogP contribution in [0.4, 0.5) is 0 Å². The van der Waals surface area contributed by atoms with Crippen LogP contribution in [0.5, 0.6) is 0 Å². The summed E-state index contributed by atoms with van der Waals surface area (Å²) in [6.45, 7) is 1.89. The predicted molar refractivity (Wildman–Crippen MR) is 36.1 cm³/mol. The molecule has 9 heavy (non-hydrogen) atoms. The van der Waals surface area contributed by atoms with E-state index in [-0.39, 0.29) is 0 Å². The van der Waals surface area contributed by atoms with E-state index in [9.17, 15) is 0 Å². The molecule has 1 heterocycles. The van der Waals surface area contributed by atoms with Crippen LogP contribution < -0.4 is 0 Å². The van der Waals surface area contributed by atoms with E-state index >= 15 is 0 Å². The third kappa shape index (κ3) is 1.24. The van der Waals surface area contributed by atoms with Crippen molar-refractivity contribution < 1.29 is 0 Å². The van der Waals surface area contributed by atoms with Crippen molar-refractivity contribution >= 4 is 11.6 Å². The Kier molecular flexibility index (Phi) is 1.76. The quantitative estimate of drug-likeness (QED) is 0.540. The Morgan fingerprint density at radius 3 is 3.00 bits per heavy atom. The maximum absolute atomic E-state index is 5.16. The lowest BCUT2D eigenvalue weighted by Gasteiger charge is -1.79. The smallest absolute Gasteiger partial charge is 0.0664 e. The Bertz CT molecular complexity index is 254. The van der Waals surface area contributed by atoms with Crippen LogP contribution >= 0.6 is 11.6 Å². The average Bonchev–Trinajstić information content (AvgIpc) is 2.18. The Balaban J connectivity index is 3.03. The number of nitrogens with zero attached hydrogens (tertiary/aromatic N) is 1. The van der Waals surface area contributed by atoms with E-state index in [1.807, 2.05) is 6.92 Å². The first-order chi connectivity index (χ1) is 4.34. The zero-order valence-electron chi connectivity index (χ0n) is 4.90. The fraction of sp³-hybridized carbons (Fsp3) is 0.167. The van der Waals surface area contributed by atoms with Crippen molar-refractivity contribution in [3.05, 3.63) is 17.5 Å². The minimum atomic E-state index is 0.852. The van der Waals surface area contributed by atoms with Gasteiger partial charge in [-0.25, -0.2) is 0 Å². The summed E-state index contributed by atoms with van der Waals surface area (Å²) in [5, 5.41) is 8.77. The molecule has 1 rings (SSSR count). The van der Waals surface area contributed by atoms with E-state index < -0.39 is 0 Å². The van der Waals surface area contributed by atoms with Gasteiger partial charge >= 0.3 is 0 Å². The second kappa shape index (κ2) is 2.56. The van der Waals surface area contributed by atoms with Crippen molar-refractivity contribution in [1.29, 1.82) is 0 Å². The van der Waals surface area contributed by atoms with Gasteiger partial charge in [0.15, 0.2) is 0 Å². The molecule has 0 aliphatic carbocycles. The number of halogens is 1. The van der Waals surface area contributed by atoms with Gasteiger partial charge in [0.25, 0.3) is 0 Å². The second-order valence-electron chi connectivity index (χ2n) is 1.63. The van der Waals surface area contributed by atoms with Gasteiger partial charge in [-0.2, -0.15) is 5.10 Å². The molecule has 3 heteroatoms. The molecule has 0 aliphatic rings. The highest BCUT2D eigenvalue weighted by molar-refractivity contribution is 6.30. The van der Waals surface area contributed by atoms with Crippen molar-refractivity contribution in [2.75, 3.05) is 0 Å². The minimum absolute atomic E-state index is 0.852. The number of nitrogens with one attached hydrogen (secondary N) is 1. The summed E-state index contributed by atoms with van der Waals surface area (Å²) >= 11 is 5.16. The lowest BCUT2D eigenvalue weighted by Crippen LogP contribution is -1.73. The summed E-state index contributed by atoms with van der Waals surface area (Å²) in [6.07, 6.45) is 1.64. The van der Waals surface area contributed by atoms with Crippen molar-refractivity contribution in [2.45, 2.75) is 6.92 Å². The molecular formula is C6H5ClN2. The van der Waals surface area contributed by atoms with Gasteiger partial charge in [0, 0.05) is 11.1 Å². The Hall–Kier alpha value is -0.940. The molecule has 1 aromatic rings. The number of aryl methyl sites for hydroxylation is 1. The second-order valence-corrected chi connectivity index (χ2v) is 1.82. The number of aromatic nitrogens is 2. The van der Waals surface area contributed by atoms with Gasteiger partial charge in [0.1, 0.15) is 0 Å². The monoisotopic (exact) mass is 140 g/mol. The molecule has 0 fully saturated rings. The summed E-state index contributed by atoms with van der Waals surface area (Å²) in [7, 11) is 0. The van der Waals surface area contributed by atoms with Crippen LogP contribution in [0.2, 0.25) is 0 Å². The standard InChI is InChI=1S/C6H5ClN2/c1-5-6(2-3-7)4-8-9-5/h4H,1H3,(H,8,9). The van der Waals surface area contributed by atoms with E-state index in [4.69, 9.17) is 11.6 Å². The zero-order chi connectivity index (χ0) is 6.69. The van der Waals surface area contributed by atoms with E-state index in [1.54, 1.807) is 6.20 Å². The van der Waals surface area contributed by atoms with Gasteiger partial charge in [0.05, 0.1) is 11.8 Å². The summed E-state index contributed by atoms with van der Waals surface area (Å²) < 4.78 is 0. The number of hydrogen-bond acceptors (Lipinski definition) is 1. The molecule has 1 aromatic heterocycles. The largest absolute Gasteiger partial charge is 0.282 e. The molecule has 1 N–H and O–H groups in total. The summed E-state index contributed by atoms with van der Waals surface area (Å²) in [5.41, 5.74) is 1.80. The van der Waals surface area contributed by atoms with Crippen molar-refractivity contribution in [3.63, 3.8) is 0 Å². The third-order valence-corrected chi connectivity index (χ3v) is 1.11. The molecule has 0 bridgehead atoms. The van der Waals surface area contributed by atoms with E-state index in [1.165, 1.54) is 0 Å². The normalized spacial score (nSPS) is 8.22. The van der Waals surface area contributed by atoms with Gasteiger partial charge in [-0.1, -0.05) is 0 Å². The number of hydrogen-bond donors (Lipinski definition) is 1. The summed E-state index contributed by atoms with van der Waals surface area (Å²) in [5.74, 6) is 2.68. The van der Waals surface area contributed by atoms with E-state index in [0.29, 0.717) is 0 Å². The molecule has 0 radical (unpaired) electrons. The molecule has 0 amide bonds. The van der Waals surface area contributed by atoms with Crippen molar-refractivity contribution in [1.82, 2.24) is 10.2 Å². The minimum Gasteiger partial charge on any atom is -0.282 e. The van der Waals surface area contributed by atoms with Gasteiger partial charge in [-0.05, 0) is 24.4 Å². The van der Waals surface area contributed by atoms with Crippen LogP contribution in [-0.2, 0) is 0 Å². The summed E-state index contributed by atoms with van der Waals surface area (Å²) in [6, 6.07) is 0. The van der Waals surface area contributed by atoms with Gasteiger partial charge < -0.3 is 0 Å². The topological polar surface area (TPSA) is 28.7 Å². The highest BCUT2D eigenvalue weighted by Crippen LogP contribution is 1.98. The first-order valence-corrected chi connectivity index (χ1v) is 2.84. The van der Waals surface area contributed by atoms with E-state index in [0.717, 1.165) is 11.3 Å². The molecule has 0 spiro atoms. The first-order valence-electron chi connectivity index (χ1n) is 2.46. The van der Waals surface area contributed by atoms with Crippen LogP contribution in [0.3, 0.4) is 0 Å². The van der Waals surface area contributed by atoms with Crippen LogP contribution in [0.15, 0.2) is 6.20 Å². The van der Waals surface area contributed by atoms with Crippen LogP contribution in [0, 0.1) is 18.2 Å². The molecule has 2 nitrogen and oxygen atoms in total. The third-order valence-electron chi connectivity index (χ3n) is 1.01. The molecule has 46 valence electrons. The summed E-state index contributed by atoms with van der Waals surface area (Å²) in [4.78, 5) is 0. The van der Waals surface area contributed by atoms with Gasteiger partial charge in [-0.3, -0.25) is 5.10 Å². The molecular weight excluding hydrogens is 136 g/mol. The highest BCUT2D eigenvalue weighted by atomic mass is 35.5. The lowest BCUT2D eigenvalue weighted by molar-refractivity contribution is 1.05. The average molecular weight is 141 g/mol. The zero-order valence-corrected chi connectivity index (χ0v) is 5.66. The van der Waals surface area contributed by atoms with Crippen LogP contribution in [-0.4, -0.2) is 10.2 Å². The Morgan fingerprint density at radius 2 is 2.56 bits per heavy atom. The van der Waals surface area contributed by atoms with Gasteiger partial charge in [0.2, 0.25) is 0 Å². The fourth-order valence-corrected chi connectivity index (χ4v) is 0.629. The SMILES string of the molecule is Cc1[nH]ncc1C#CCl. The molecule has 0 saturated carbocycles. The molecule has 0 saturated heterocycles. The fourth-order valence-electron chi connectivity index (χ4n) is 0.528.